The summed E-state index contributed by atoms with van der Waals surface area (Å²) in [7, 11) is 0. The lowest BCUT2D eigenvalue weighted by atomic mass is 10.2. The predicted molar refractivity (Wildman–Crippen MR) is 74.6 cm³/mol. The first-order chi connectivity index (χ1) is 8.78. The number of aromatic nitrogens is 1. The van der Waals surface area contributed by atoms with E-state index in [0.29, 0.717) is 0 Å². The van der Waals surface area contributed by atoms with Crippen LogP contribution in [0.1, 0.15) is 23.9 Å². The third-order valence-electron chi connectivity index (χ3n) is 2.57. The molecule has 0 radical (unpaired) electrons. The van der Waals surface area contributed by atoms with Gasteiger partial charge < -0.3 is 9.84 Å². The van der Waals surface area contributed by atoms with Gasteiger partial charge in [-0.3, -0.25) is 0 Å². The summed E-state index contributed by atoms with van der Waals surface area (Å²) in [5.41, 5.74) is 2.31. The van der Waals surface area contributed by atoms with Crippen molar-refractivity contribution in [2.75, 3.05) is 6.54 Å². The molecule has 0 saturated heterocycles. The SMILES string of the molecule is CCNCc1ccc(SCc2cc(C)on2)cc1. The van der Waals surface area contributed by atoms with E-state index in [1.807, 2.05) is 13.0 Å². The first-order valence-electron chi connectivity index (χ1n) is 6.12. The van der Waals surface area contributed by atoms with E-state index < -0.39 is 0 Å². The fourth-order valence-electron chi connectivity index (χ4n) is 1.62. The minimum atomic E-state index is 0.851. The minimum absolute atomic E-state index is 0.851. The molecule has 96 valence electrons. The van der Waals surface area contributed by atoms with E-state index in [1.165, 1.54) is 10.5 Å². The molecule has 0 aliphatic carbocycles. The van der Waals surface area contributed by atoms with E-state index in [1.54, 1.807) is 11.8 Å². The summed E-state index contributed by atoms with van der Waals surface area (Å²) >= 11 is 1.78. The van der Waals surface area contributed by atoms with Gasteiger partial charge in [0, 0.05) is 23.3 Å². The second-order valence-electron chi connectivity index (χ2n) is 4.14. The monoisotopic (exact) mass is 262 g/mol. The van der Waals surface area contributed by atoms with Gasteiger partial charge in [-0.05, 0) is 31.2 Å². The lowest BCUT2D eigenvalue weighted by Gasteiger charge is -2.03. The van der Waals surface area contributed by atoms with Crippen molar-refractivity contribution in [3.8, 4) is 0 Å². The average molecular weight is 262 g/mol. The van der Waals surface area contributed by atoms with Crippen LogP contribution in [0.2, 0.25) is 0 Å². The molecule has 0 aliphatic heterocycles. The Hall–Kier alpha value is -1.26. The zero-order chi connectivity index (χ0) is 12.8. The maximum Gasteiger partial charge on any atom is 0.133 e. The summed E-state index contributed by atoms with van der Waals surface area (Å²) in [6, 6.07) is 10.6. The molecule has 1 aromatic carbocycles. The minimum Gasteiger partial charge on any atom is -0.361 e. The largest absolute Gasteiger partial charge is 0.361 e. The summed E-state index contributed by atoms with van der Waals surface area (Å²) in [5.74, 6) is 1.72. The Balaban J connectivity index is 1.86. The molecule has 1 aromatic heterocycles. The van der Waals surface area contributed by atoms with E-state index in [4.69, 9.17) is 4.52 Å². The van der Waals surface area contributed by atoms with Crippen molar-refractivity contribution >= 4 is 11.8 Å². The third kappa shape index (κ3) is 3.89. The van der Waals surface area contributed by atoms with Gasteiger partial charge in [0.2, 0.25) is 0 Å². The lowest BCUT2D eigenvalue weighted by Crippen LogP contribution is -2.11. The Labute approximate surface area is 112 Å². The fourth-order valence-corrected chi connectivity index (χ4v) is 2.40. The van der Waals surface area contributed by atoms with E-state index >= 15 is 0 Å². The van der Waals surface area contributed by atoms with Gasteiger partial charge in [0.25, 0.3) is 0 Å². The number of rotatable bonds is 6. The van der Waals surface area contributed by atoms with Gasteiger partial charge in [0.05, 0.1) is 5.69 Å². The van der Waals surface area contributed by atoms with Gasteiger partial charge in [-0.2, -0.15) is 0 Å². The summed E-state index contributed by atoms with van der Waals surface area (Å²) in [5, 5.41) is 7.30. The second-order valence-corrected chi connectivity index (χ2v) is 5.19. The van der Waals surface area contributed by atoms with Crippen LogP contribution in [0.25, 0.3) is 0 Å². The number of nitrogens with zero attached hydrogens (tertiary/aromatic N) is 1. The quantitative estimate of drug-likeness (QED) is 0.810. The van der Waals surface area contributed by atoms with Gasteiger partial charge in [-0.1, -0.05) is 24.2 Å². The normalized spacial score (nSPS) is 10.8. The van der Waals surface area contributed by atoms with Gasteiger partial charge >= 0.3 is 0 Å². The molecule has 0 atom stereocenters. The molecule has 0 aliphatic rings. The summed E-state index contributed by atoms with van der Waals surface area (Å²) in [6.45, 7) is 5.97. The number of hydrogen-bond acceptors (Lipinski definition) is 4. The lowest BCUT2D eigenvalue weighted by molar-refractivity contribution is 0.393. The van der Waals surface area contributed by atoms with Crippen molar-refractivity contribution in [2.45, 2.75) is 31.0 Å². The van der Waals surface area contributed by atoms with Crippen LogP contribution in [-0.4, -0.2) is 11.7 Å². The smallest absolute Gasteiger partial charge is 0.133 e. The van der Waals surface area contributed by atoms with Crippen molar-refractivity contribution < 1.29 is 4.52 Å². The first-order valence-corrected chi connectivity index (χ1v) is 7.11. The Bertz CT molecular complexity index is 479. The predicted octanol–water partition coefficient (Wildman–Crippen LogP) is 3.38. The van der Waals surface area contributed by atoms with Crippen molar-refractivity contribution in [1.29, 1.82) is 0 Å². The number of hydrogen-bond donors (Lipinski definition) is 1. The standard InChI is InChI=1S/C14H18N2OS/c1-3-15-9-12-4-6-14(7-5-12)18-10-13-8-11(2)17-16-13/h4-8,15H,3,9-10H2,1-2H3. The summed E-state index contributed by atoms with van der Waals surface area (Å²) in [6.07, 6.45) is 0. The van der Waals surface area contributed by atoms with Crippen molar-refractivity contribution in [3.05, 3.63) is 47.3 Å². The van der Waals surface area contributed by atoms with Crippen LogP contribution in [-0.2, 0) is 12.3 Å². The highest BCUT2D eigenvalue weighted by atomic mass is 32.2. The van der Waals surface area contributed by atoms with Gasteiger partial charge in [-0.15, -0.1) is 11.8 Å². The molecular formula is C14H18N2OS. The maximum atomic E-state index is 5.04. The Morgan fingerprint density at radius 2 is 2.06 bits per heavy atom. The van der Waals surface area contributed by atoms with Gasteiger partial charge in [0.1, 0.15) is 5.76 Å². The van der Waals surface area contributed by atoms with E-state index in [0.717, 1.165) is 30.3 Å². The maximum absolute atomic E-state index is 5.04. The molecule has 1 heterocycles. The Morgan fingerprint density at radius 3 is 2.67 bits per heavy atom. The molecule has 0 fully saturated rings. The molecule has 0 spiro atoms. The highest BCUT2D eigenvalue weighted by Gasteiger charge is 2.01. The highest BCUT2D eigenvalue weighted by molar-refractivity contribution is 7.98. The zero-order valence-corrected chi connectivity index (χ0v) is 11.6. The van der Waals surface area contributed by atoms with E-state index in [2.05, 4.69) is 41.7 Å². The molecule has 2 rings (SSSR count). The molecule has 1 N–H and O–H groups in total. The molecule has 0 amide bonds. The van der Waals surface area contributed by atoms with Crippen molar-refractivity contribution in [1.82, 2.24) is 10.5 Å². The number of aryl methyl sites for hydroxylation is 1. The van der Waals surface area contributed by atoms with Crippen molar-refractivity contribution in [3.63, 3.8) is 0 Å². The summed E-state index contributed by atoms with van der Waals surface area (Å²) in [4.78, 5) is 1.26. The number of nitrogens with one attached hydrogen (secondary N) is 1. The third-order valence-corrected chi connectivity index (χ3v) is 3.61. The van der Waals surface area contributed by atoms with Crippen LogP contribution >= 0.6 is 11.8 Å². The number of thioether (sulfide) groups is 1. The number of benzene rings is 1. The summed E-state index contributed by atoms with van der Waals surface area (Å²) < 4.78 is 5.04. The van der Waals surface area contributed by atoms with Crippen LogP contribution in [0.3, 0.4) is 0 Å². The fraction of sp³-hybridized carbons (Fsp3) is 0.357. The van der Waals surface area contributed by atoms with Gasteiger partial charge in [0.15, 0.2) is 0 Å². The van der Waals surface area contributed by atoms with Crippen LogP contribution < -0.4 is 5.32 Å². The van der Waals surface area contributed by atoms with Crippen LogP contribution in [0.4, 0.5) is 0 Å². The molecule has 2 aromatic rings. The first kappa shape index (κ1) is 13.2. The second kappa shape index (κ2) is 6.61. The van der Waals surface area contributed by atoms with Crippen molar-refractivity contribution in [2.24, 2.45) is 0 Å². The molecule has 0 saturated carbocycles. The molecule has 0 unspecified atom stereocenters. The average Bonchev–Trinajstić information content (AvgIpc) is 2.81. The van der Waals surface area contributed by atoms with Crippen LogP contribution in [0.5, 0.6) is 0 Å². The molecule has 0 bridgehead atoms. The van der Waals surface area contributed by atoms with Crippen LogP contribution in [0.15, 0.2) is 39.8 Å². The van der Waals surface area contributed by atoms with Crippen LogP contribution in [0, 0.1) is 6.92 Å². The highest BCUT2D eigenvalue weighted by Crippen LogP contribution is 2.22. The van der Waals surface area contributed by atoms with Gasteiger partial charge in [-0.25, -0.2) is 0 Å². The van der Waals surface area contributed by atoms with E-state index in [-0.39, 0.29) is 0 Å². The molecule has 4 heteroatoms. The zero-order valence-electron chi connectivity index (χ0n) is 10.8. The molecule has 3 nitrogen and oxygen atoms in total. The topological polar surface area (TPSA) is 38.1 Å². The molecular weight excluding hydrogens is 244 g/mol. The van der Waals surface area contributed by atoms with E-state index in [9.17, 15) is 0 Å². The Kier molecular flexibility index (Phi) is 4.84. The molecule has 18 heavy (non-hydrogen) atoms. The Morgan fingerprint density at radius 1 is 1.28 bits per heavy atom.